The average molecular weight is 206 g/mol. The third-order valence-corrected chi connectivity index (χ3v) is 1.89. The lowest BCUT2D eigenvalue weighted by atomic mass is 10.6. The van der Waals surface area contributed by atoms with Crippen LogP contribution in [-0.4, -0.2) is 48.0 Å². The molecule has 0 bridgehead atoms. The van der Waals surface area contributed by atoms with E-state index in [-0.39, 0.29) is 0 Å². The van der Waals surface area contributed by atoms with E-state index in [1.807, 2.05) is 19.0 Å². The molecule has 0 fully saturated rings. The van der Waals surface area contributed by atoms with E-state index >= 15 is 0 Å². The maximum atomic E-state index is 4.67. The van der Waals surface area contributed by atoms with E-state index in [4.69, 9.17) is 0 Å². The van der Waals surface area contributed by atoms with Gasteiger partial charge in [-0.15, -0.1) is 0 Å². The Morgan fingerprint density at radius 3 is 1.33 bits per heavy atom. The minimum Gasteiger partial charge on any atom is -0.375 e. The molecule has 0 N–H and O–H groups in total. The zero-order valence-corrected chi connectivity index (χ0v) is 9.91. The van der Waals surface area contributed by atoms with Crippen LogP contribution in [0.4, 0.5) is 0 Å². The molecule has 0 saturated carbocycles. The van der Waals surface area contributed by atoms with Crippen LogP contribution in [0.3, 0.4) is 0 Å². The summed E-state index contributed by atoms with van der Waals surface area (Å²) in [6, 6.07) is 0. The Morgan fingerprint density at radius 2 is 1.33 bits per heavy atom. The van der Waals surface area contributed by atoms with Gasteiger partial charge >= 0.3 is 0 Å². The van der Waals surface area contributed by atoms with Gasteiger partial charge < -0.3 is 9.80 Å². The van der Waals surface area contributed by atoms with Crippen molar-refractivity contribution in [3.8, 4) is 0 Å². The van der Waals surface area contributed by atoms with Gasteiger partial charge in [-0.2, -0.15) is 0 Å². The van der Waals surface area contributed by atoms with Crippen LogP contribution in [0.1, 0.15) is 13.8 Å². The van der Waals surface area contributed by atoms with E-state index in [0.717, 1.165) is 13.1 Å². The molecule has 0 atom stereocenters. The van der Waals surface area contributed by atoms with Crippen LogP contribution in [0.15, 0.2) is 0 Å². The van der Waals surface area contributed by atoms with Crippen molar-refractivity contribution >= 4 is 35.4 Å². The van der Waals surface area contributed by atoms with Gasteiger partial charge in [0, 0.05) is 27.2 Å². The molecule has 0 aromatic heterocycles. The van der Waals surface area contributed by atoms with Crippen molar-refractivity contribution in [2.75, 3.05) is 27.2 Å². The smallest absolute Gasteiger partial charge is 0.0640 e. The lowest BCUT2D eigenvalue weighted by molar-refractivity contribution is 0.486. The molecule has 0 radical (unpaired) electrons. The van der Waals surface area contributed by atoms with Crippen molar-refractivity contribution in [3.63, 3.8) is 0 Å². The van der Waals surface area contributed by atoms with Gasteiger partial charge in [0.1, 0.15) is 0 Å². The largest absolute Gasteiger partial charge is 0.375 e. The fraction of sp³-hybridized carbons (Fsp3) is 0.750. The number of nitrogens with zero attached hydrogens (tertiary/aromatic N) is 2. The lowest BCUT2D eigenvalue weighted by Gasteiger charge is -2.11. The molecule has 0 rings (SSSR count). The van der Waals surface area contributed by atoms with Gasteiger partial charge in [0.2, 0.25) is 0 Å². The highest BCUT2D eigenvalue weighted by Crippen LogP contribution is 1.78. The van der Waals surface area contributed by atoms with Crippen LogP contribution in [0, 0.1) is 0 Å². The van der Waals surface area contributed by atoms with Crippen LogP contribution in [0.2, 0.25) is 0 Å². The minimum atomic E-state index is 1.03. The second-order valence-corrected chi connectivity index (χ2v) is 2.82. The first-order valence-electron chi connectivity index (χ1n) is 3.93. The Morgan fingerprint density at radius 1 is 1.00 bits per heavy atom. The van der Waals surface area contributed by atoms with E-state index < -0.39 is 0 Å². The van der Waals surface area contributed by atoms with E-state index in [2.05, 4.69) is 43.2 Å². The van der Waals surface area contributed by atoms with Gasteiger partial charge in [-0.25, -0.2) is 0 Å². The van der Waals surface area contributed by atoms with Crippen LogP contribution in [0.5, 0.6) is 0 Å². The van der Waals surface area contributed by atoms with Crippen LogP contribution in [0.25, 0.3) is 0 Å². The fourth-order valence-electron chi connectivity index (χ4n) is 0.373. The molecule has 0 aliphatic rings. The van der Waals surface area contributed by atoms with Crippen molar-refractivity contribution < 1.29 is 0 Å². The first-order valence-corrected chi connectivity index (χ1v) is 4.87. The van der Waals surface area contributed by atoms with Crippen LogP contribution in [-0.2, 0) is 0 Å². The first kappa shape index (κ1) is 14.3. The van der Waals surface area contributed by atoms with Crippen molar-refractivity contribution in [1.82, 2.24) is 9.80 Å². The Kier molecular flexibility index (Phi) is 12.9. The predicted octanol–water partition coefficient (Wildman–Crippen LogP) is 1.79. The van der Waals surface area contributed by atoms with E-state index in [9.17, 15) is 0 Å². The van der Waals surface area contributed by atoms with Crippen LogP contribution >= 0.6 is 24.4 Å². The SMILES string of the molecule is CCN(C=S)CC.CN(C)C=S. The molecule has 0 aliphatic heterocycles. The highest BCUT2D eigenvalue weighted by Gasteiger charge is 1.84. The minimum absolute atomic E-state index is 1.03. The number of hydrogen-bond donors (Lipinski definition) is 0. The van der Waals surface area contributed by atoms with Crippen LogP contribution < -0.4 is 0 Å². The summed E-state index contributed by atoms with van der Waals surface area (Å²) in [5, 5.41) is 0. The molecular weight excluding hydrogens is 188 g/mol. The van der Waals surface area contributed by atoms with Gasteiger partial charge in [0.05, 0.1) is 11.0 Å². The molecule has 12 heavy (non-hydrogen) atoms. The summed E-state index contributed by atoms with van der Waals surface area (Å²) in [6.45, 7) is 6.23. The third-order valence-electron chi connectivity index (χ3n) is 1.17. The maximum absolute atomic E-state index is 4.67. The summed E-state index contributed by atoms with van der Waals surface area (Å²) in [4.78, 5) is 3.88. The quantitative estimate of drug-likeness (QED) is 0.647. The highest BCUT2D eigenvalue weighted by atomic mass is 32.1. The fourth-order valence-corrected chi connectivity index (χ4v) is 0.671. The Hall–Kier alpha value is -0.220. The zero-order chi connectivity index (χ0) is 9.98. The van der Waals surface area contributed by atoms with Gasteiger partial charge in [-0.3, -0.25) is 0 Å². The summed E-state index contributed by atoms with van der Waals surface area (Å²) in [6.07, 6.45) is 0. The molecule has 0 spiro atoms. The maximum Gasteiger partial charge on any atom is 0.0640 e. The third kappa shape index (κ3) is 12.5. The summed E-state index contributed by atoms with van der Waals surface area (Å²) < 4.78 is 0. The normalized spacial score (nSPS) is 7.67. The topological polar surface area (TPSA) is 6.48 Å². The summed E-state index contributed by atoms with van der Waals surface area (Å²) in [5.74, 6) is 0. The first-order chi connectivity index (χ1) is 5.62. The van der Waals surface area contributed by atoms with Crippen molar-refractivity contribution in [2.45, 2.75) is 13.8 Å². The molecule has 4 heteroatoms. The van der Waals surface area contributed by atoms with Gasteiger partial charge in [-0.05, 0) is 13.8 Å². The molecular formula is C8H18N2S2. The average Bonchev–Trinajstić information content (AvgIpc) is 2.09. The molecule has 0 saturated heterocycles. The van der Waals surface area contributed by atoms with Crippen molar-refractivity contribution in [3.05, 3.63) is 0 Å². The van der Waals surface area contributed by atoms with Gasteiger partial charge in [-0.1, -0.05) is 24.4 Å². The molecule has 0 aromatic rings. The Labute approximate surface area is 86.5 Å². The zero-order valence-electron chi connectivity index (χ0n) is 8.28. The second-order valence-electron chi connectivity index (χ2n) is 2.40. The summed E-state index contributed by atoms with van der Waals surface area (Å²) in [5.41, 5.74) is 3.28. The monoisotopic (exact) mass is 206 g/mol. The molecule has 0 aromatic carbocycles. The van der Waals surface area contributed by atoms with Gasteiger partial charge in [0.15, 0.2) is 0 Å². The predicted molar refractivity (Wildman–Crippen MR) is 63.9 cm³/mol. The van der Waals surface area contributed by atoms with E-state index in [0.29, 0.717) is 0 Å². The van der Waals surface area contributed by atoms with E-state index in [1.54, 1.807) is 11.0 Å². The number of thiocarbonyl (C=S) groups is 2. The lowest BCUT2D eigenvalue weighted by Crippen LogP contribution is -2.18. The van der Waals surface area contributed by atoms with Gasteiger partial charge in [0.25, 0.3) is 0 Å². The molecule has 0 aliphatic carbocycles. The molecule has 0 heterocycles. The number of hydrogen-bond acceptors (Lipinski definition) is 2. The summed E-state index contributed by atoms with van der Waals surface area (Å²) >= 11 is 9.15. The molecule has 72 valence electrons. The summed E-state index contributed by atoms with van der Waals surface area (Å²) in [7, 11) is 3.79. The van der Waals surface area contributed by atoms with Crippen molar-refractivity contribution in [1.29, 1.82) is 0 Å². The molecule has 0 amide bonds. The number of rotatable bonds is 4. The Balaban J connectivity index is 0. The molecule has 0 unspecified atom stereocenters. The van der Waals surface area contributed by atoms with Crippen molar-refractivity contribution in [2.24, 2.45) is 0 Å². The Bertz CT molecular complexity index is 112. The molecule has 2 nitrogen and oxygen atoms in total. The highest BCUT2D eigenvalue weighted by molar-refractivity contribution is 7.79. The van der Waals surface area contributed by atoms with E-state index in [1.165, 1.54) is 0 Å². The second kappa shape index (κ2) is 10.8. The standard InChI is InChI=1S/C5H11NS.C3H7NS/c1-3-6(4-2)5-7;1-4(2)3-5/h5H,3-4H2,1-2H3;3H,1-2H3.